The van der Waals surface area contributed by atoms with Crippen LogP contribution in [0.2, 0.25) is 0 Å². The molecule has 0 N–H and O–H groups in total. The summed E-state index contributed by atoms with van der Waals surface area (Å²) in [6, 6.07) is 0. The van der Waals surface area contributed by atoms with Crippen LogP contribution in [-0.4, -0.2) is 34.4 Å². The van der Waals surface area contributed by atoms with E-state index in [9.17, 15) is 8.42 Å². The molecule has 1 aliphatic rings. The minimum absolute atomic E-state index is 0.0634. The molecule has 3 nitrogen and oxygen atoms in total. The van der Waals surface area contributed by atoms with E-state index in [1.165, 1.54) is 10.6 Å². The molecule has 0 bridgehead atoms. The minimum atomic E-state index is -3.00. The van der Waals surface area contributed by atoms with Gasteiger partial charge in [-0.05, 0) is 12.8 Å². The van der Waals surface area contributed by atoms with Crippen molar-refractivity contribution in [1.29, 1.82) is 0 Å². The molecule has 0 aromatic heterocycles. The molecule has 1 atom stereocenters. The van der Waals surface area contributed by atoms with E-state index in [-0.39, 0.29) is 2.33 Å². The van der Waals surface area contributed by atoms with E-state index in [1.807, 2.05) is 0 Å². The second-order valence-electron chi connectivity index (χ2n) is 3.06. The van der Waals surface area contributed by atoms with Crippen LogP contribution in [-0.2, 0) is 10.0 Å². The molecule has 0 aromatic rings. The molecule has 0 spiro atoms. The van der Waals surface area contributed by atoms with Crippen molar-refractivity contribution in [2.75, 3.05) is 19.3 Å². The van der Waals surface area contributed by atoms with E-state index in [4.69, 9.17) is 0 Å². The van der Waals surface area contributed by atoms with Crippen LogP contribution in [0.3, 0.4) is 0 Å². The van der Waals surface area contributed by atoms with E-state index in [1.54, 1.807) is 0 Å². The monoisotopic (exact) mass is 367 g/mol. The Kier molecular flexibility index (Phi) is 3.45. The van der Waals surface area contributed by atoms with Crippen molar-refractivity contribution >= 4 is 48.5 Å². The van der Waals surface area contributed by atoms with Gasteiger partial charge in [0.2, 0.25) is 10.0 Å². The van der Waals surface area contributed by atoms with Gasteiger partial charge in [-0.2, -0.15) is 4.31 Å². The average molecular weight is 368 g/mol. The molecular formula is C6H11BrINO2S. The second kappa shape index (κ2) is 3.70. The third-order valence-corrected chi connectivity index (χ3v) is 4.60. The van der Waals surface area contributed by atoms with E-state index >= 15 is 0 Å². The maximum absolute atomic E-state index is 11.2. The molecule has 12 heavy (non-hydrogen) atoms. The summed E-state index contributed by atoms with van der Waals surface area (Å²) < 4.78 is 23.8. The van der Waals surface area contributed by atoms with E-state index in [0.29, 0.717) is 13.1 Å². The van der Waals surface area contributed by atoms with Crippen LogP contribution in [0.1, 0.15) is 12.8 Å². The quantitative estimate of drug-likeness (QED) is 0.521. The van der Waals surface area contributed by atoms with Crippen molar-refractivity contribution in [3.8, 4) is 0 Å². The van der Waals surface area contributed by atoms with Gasteiger partial charge in [0.05, 0.1) is 8.59 Å². The third kappa shape index (κ3) is 3.12. The average Bonchev–Trinajstić information content (AvgIpc) is 1.83. The van der Waals surface area contributed by atoms with Crippen LogP contribution in [0.25, 0.3) is 0 Å². The molecule has 0 aliphatic carbocycles. The lowest BCUT2D eigenvalue weighted by Crippen LogP contribution is -2.43. The van der Waals surface area contributed by atoms with Crippen molar-refractivity contribution in [1.82, 2.24) is 4.31 Å². The molecule has 1 fully saturated rings. The van der Waals surface area contributed by atoms with Crippen LogP contribution in [0, 0.1) is 0 Å². The first-order valence-corrected chi connectivity index (χ1v) is 7.36. The fourth-order valence-corrected chi connectivity index (χ4v) is 3.90. The Morgan fingerprint density at radius 3 is 2.50 bits per heavy atom. The summed E-state index contributed by atoms with van der Waals surface area (Å²) >= 11 is 5.76. The Balaban J connectivity index is 2.71. The molecular weight excluding hydrogens is 357 g/mol. The fraction of sp³-hybridized carbons (Fsp3) is 1.00. The van der Waals surface area contributed by atoms with Gasteiger partial charge in [0.15, 0.2) is 0 Å². The number of sulfonamides is 1. The van der Waals surface area contributed by atoms with E-state index in [2.05, 4.69) is 38.5 Å². The van der Waals surface area contributed by atoms with Gasteiger partial charge in [0.1, 0.15) is 0 Å². The first-order chi connectivity index (χ1) is 5.31. The van der Waals surface area contributed by atoms with Crippen LogP contribution in [0.5, 0.6) is 0 Å². The first kappa shape index (κ1) is 11.2. The van der Waals surface area contributed by atoms with Crippen LogP contribution in [0.4, 0.5) is 0 Å². The van der Waals surface area contributed by atoms with Gasteiger partial charge in [-0.3, -0.25) is 0 Å². The summed E-state index contributed by atoms with van der Waals surface area (Å²) in [4.78, 5) is 0. The zero-order valence-electron chi connectivity index (χ0n) is 6.76. The van der Waals surface area contributed by atoms with Crippen molar-refractivity contribution in [3.63, 3.8) is 0 Å². The molecule has 6 heteroatoms. The van der Waals surface area contributed by atoms with Crippen molar-refractivity contribution < 1.29 is 8.42 Å². The summed E-state index contributed by atoms with van der Waals surface area (Å²) in [7, 11) is -3.00. The van der Waals surface area contributed by atoms with Crippen molar-refractivity contribution in [2.45, 2.75) is 15.2 Å². The lowest BCUT2D eigenvalue weighted by molar-refractivity contribution is 0.352. The van der Waals surface area contributed by atoms with Gasteiger partial charge in [-0.15, -0.1) is 0 Å². The van der Waals surface area contributed by atoms with Gasteiger partial charge >= 0.3 is 0 Å². The topological polar surface area (TPSA) is 37.4 Å². The highest BCUT2D eigenvalue weighted by atomic mass is 127. The number of alkyl halides is 2. The molecule has 0 aromatic carbocycles. The SMILES string of the molecule is CS(=O)(=O)N1CCCC(Br)(I)C1. The Bertz CT molecular complexity index is 265. The predicted molar refractivity (Wildman–Crippen MR) is 61.3 cm³/mol. The Hall–Kier alpha value is 1.12. The number of hydrogen-bond donors (Lipinski definition) is 0. The largest absolute Gasteiger partial charge is 0.213 e. The normalized spacial score (nSPS) is 33.6. The number of halogens is 2. The Morgan fingerprint density at radius 1 is 1.58 bits per heavy atom. The lowest BCUT2D eigenvalue weighted by Gasteiger charge is -2.33. The van der Waals surface area contributed by atoms with Crippen LogP contribution < -0.4 is 0 Å². The molecule has 1 aliphatic heterocycles. The maximum atomic E-state index is 11.2. The smallest absolute Gasteiger partial charge is 0.211 e. The molecule has 1 heterocycles. The summed E-state index contributed by atoms with van der Waals surface area (Å²) in [5.74, 6) is 0. The Morgan fingerprint density at radius 2 is 2.17 bits per heavy atom. The summed E-state index contributed by atoms with van der Waals surface area (Å²) in [6.07, 6.45) is 3.22. The highest BCUT2D eigenvalue weighted by Gasteiger charge is 2.33. The summed E-state index contributed by atoms with van der Waals surface area (Å²) in [5, 5.41) is 0. The van der Waals surface area contributed by atoms with Crippen LogP contribution in [0.15, 0.2) is 0 Å². The fourth-order valence-electron chi connectivity index (χ4n) is 1.21. The zero-order valence-corrected chi connectivity index (χ0v) is 11.3. The van der Waals surface area contributed by atoms with Gasteiger partial charge in [-0.1, -0.05) is 38.5 Å². The molecule has 0 radical (unpaired) electrons. The number of hydrogen-bond acceptors (Lipinski definition) is 2. The summed E-state index contributed by atoms with van der Waals surface area (Å²) in [6.45, 7) is 1.24. The molecule has 0 amide bonds. The highest BCUT2D eigenvalue weighted by molar-refractivity contribution is 14.1. The predicted octanol–water partition coefficient (Wildman–Crippen LogP) is 1.57. The molecule has 1 saturated heterocycles. The van der Waals surface area contributed by atoms with Gasteiger partial charge < -0.3 is 0 Å². The molecule has 1 rings (SSSR count). The number of piperidine rings is 1. The minimum Gasteiger partial charge on any atom is -0.213 e. The maximum Gasteiger partial charge on any atom is 0.211 e. The number of nitrogens with zero attached hydrogens (tertiary/aromatic N) is 1. The van der Waals surface area contributed by atoms with Crippen LogP contribution >= 0.6 is 38.5 Å². The lowest BCUT2D eigenvalue weighted by atomic mass is 10.2. The van der Waals surface area contributed by atoms with Crippen molar-refractivity contribution in [3.05, 3.63) is 0 Å². The highest BCUT2D eigenvalue weighted by Crippen LogP contribution is 2.36. The molecule has 1 unspecified atom stereocenters. The molecule has 72 valence electrons. The second-order valence-corrected chi connectivity index (χ2v) is 10.1. The third-order valence-electron chi connectivity index (χ3n) is 1.83. The standard InChI is InChI=1S/C6H11BrINO2S/c1-12(10,11)9-4-2-3-6(7,8)5-9/h2-5H2,1H3. The zero-order chi connectivity index (χ0) is 9.41. The van der Waals surface area contributed by atoms with Gasteiger partial charge in [0.25, 0.3) is 0 Å². The number of rotatable bonds is 1. The first-order valence-electron chi connectivity index (χ1n) is 3.64. The van der Waals surface area contributed by atoms with Gasteiger partial charge in [-0.25, -0.2) is 8.42 Å². The Labute approximate surface area is 95.2 Å². The molecule has 0 saturated carbocycles. The van der Waals surface area contributed by atoms with Crippen molar-refractivity contribution in [2.24, 2.45) is 0 Å². The van der Waals surface area contributed by atoms with E-state index in [0.717, 1.165) is 12.8 Å². The van der Waals surface area contributed by atoms with E-state index < -0.39 is 10.0 Å². The summed E-state index contributed by atoms with van der Waals surface area (Å²) in [5.41, 5.74) is 0. The van der Waals surface area contributed by atoms with Gasteiger partial charge in [0, 0.05) is 13.1 Å².